The first-order valence-electron chi connectivity index (χ1n) is 13.0. The lowest BCUT2D eigenvalue weighted by Crippen LogP contribution is -2.15. The summed E-state index contributed by atoms with van der Waals surface area (Å²) in [7, 11) is 0. The predicted octanol–water partition coefficient (Wildman–Crippen LogP) is 9.67. The van der Waals surface area contributed by atoms with Crippen LogP contribution in [0.25, 0.3) is 0 Å². The van der Waals surface area contributed by atoms with Crippen LogP contribution in [0.4, 0.5) is 0 Å². The van der Waals surface area contributed by atoms with E-state index in [1.54, 1.807) is 0 Å². The zero-order valence-corrected chi connectivity index (χ0v) is 20.1. The summed E-state index contributed by atoms with van der Waals surface area (Å²) in [5.74, 6) is 6.24. The van der Waals surface area contributed by atoms with Crippen LogP contribution in [0.2, 0.25) is 0 Å². The molecule has 0 heteroatoms. The smallest absolute Gasteiger partial charge is 0.0391 e. The van der Waals surface area contributed by atoms with Gasteiger partial charge in [0.1, 0.15) is 0 Å². The molecule has 0 bridgehead atoms. The maximum absolute atomic E-state index is 2.41. The molecule has 4 atom stereocenters. The minimum atomic E-state index is 1.02. The highest BCUT2D eigenvalue weighted by Gasteiger charge is 2.19. The van der Waals surface area contributed by atoms with E-state index in [0.717, 1.165) is 35.5 Å². The second-order valence-corrected chi connectivity index (χ2v) is 10.5. The van der Waals surface area contributed by atoms with Gasteiger partial charge < -0.3 is 0 Å². The lowest BCUT2D eigenvalue weighted by molar-refractivity contribution is 0.249. The normalized spacial score (nSPS) is 36.7. The molecule has 0 aromatic rings. The van der Waals surface area contributed by atoms with Crippen molar-refractivity contribution in [2.24, 2.45) is 35.5 Å². The monoisotopic (exact) mass is 378 g/mol. The average Bonchev–Trinajstić information content (AvgIpc) is 2.70. The van der Waals surface area contributed by atoms with Gasteiger partial charge in [-0.2, -0.15) is 0 Å². The van der Waals surface area contributed by atoms with Crippen LogP contribution in [-0.4, -0.2) is 0 Å². The average molecular weight is 379 g/mol. The number of hydrogen-bond donors (Lipinski definition) is 0. The fraction of sp³-hybridized carbons (Fsp3) is 1.00. The fourth-order valence-electron chi connectivity index (χ4n) is 5.67. The van der Waals surface area contributed by atoms with Crippen molar-refractivity contribution < 1.29 is 0 Å². The van der Waals surface area contributed by atoms with E-state index in [9.17, 15) is 0 Å². The zero-order chi connectivity index (χ0) is 20.1. The maximum atomic E-state index is 2.41. The Labute approximate surface area is 173 Å². The Balaban J connectivity index is 0.000000202. The summed E-state index contributed by atoms with van der Waals surface area (Å²) in [5.41, 5.74) is 0. The largest absolute Gasteiger partial charge is 0.0651 e. The van der Waals surface area contributed by atoms with Gasteiger partial charge in [0, 0.05) is 0 Å². The molecule has 162 valence electrons. The summed E-state index contributed by atoms with van der Waals surface area (Å²) in [6.45, 7) is 14.1. The van der Waals surface area contributed by atoms with Crippen molar-refractivity contribution in [1.29, 1.82) is 0 Å². The van der Waals surface area contributed by atoms with Crippen LogP contribution in [-0.2, 0) is 0 Å². The number of rotatable bonds is 3. The highest BCUT2D eigenvalue weighted by molar-refractivity contribution is 4.71. The molecule has 3 fully saturated rings. The van der Waals surface area contributed by atoms with E-state index < -0.39 is 0 Å². The van der Waals surface area contributed by atoms with E-state index in [-0.39, 0.29) is 0 Å². The van der Waals surface area contributed by atoms with Crippen molar-refractivity contribution in [1.82, 2.24) is 0 Å². The Kier molecular flexibility index (Phi) is 13.8. The first-order valence-corrected chi connectivity index (χ1v) is 13.0. The van der Waals surface area contributed by atoms with Crippen LogP contribution >= 0.6 is 0 Å². The predicted molar refractivity (Wildman–Crippen MR) is 124 cm³/mol. The topological polar surface area (TPSA) is 0 Å². The number of hydrogen-bond acceptors (Lipinski definition) is 0. The van der Waals surface area contributed by atoms with Gasteiger partial charge in [-0.3, -0.25) is 0 Å². The lowest BCUT2D eigenvalue weighted by Gasteiger charge is -2.27. The molecule has 0 radical (unpaired) electrons. The van der Waals surface area contributed by atoms with Crippen LogP contribution in [0.3, 0.4) is 0 Å². The van der Waals surface area contributed by atoms with Crippen molar-refractivity contribution in [2.75, 3.05) is 0 Å². The molecule has 0 N–H and O–H groups in total. The highest BCUT2D eigenvalue weighted by atomic mass is 14.2. The molecule has 0 aliphatic heterocycles. The third-order valence-electron chi connectivity index (χ3n) is 8.15. The van der Waals surface area contributed by atoms with Crippen LogP contribution < -0.4 is 0 Å². The molecule has 0 amide bonds. The van der Waals surface area contributed by atoms with Gasteiger partial charge in [0.15, 0.2) is 0 Å². The Morgan fingerprint density at radius 2 is 1.15 bits per heavy atom. The molecule has 0 saturated heterocycles. The summed E-state index contributed by atoms with van der Waals surface area (Å²) in [6, 6.07) is 0. The van der Waals surface area contributed by atoms with Gasteiger partial charge in [0.05, 0.1) is 0 Å². The standard InChI is InChI=1S/3C9H18/c1-3-9-6-4-8(2)5-7-9;1-3-9-6-4-5-8(2)7-9;1-3-9-7-5-4-6-8(9)2/h3*8-9H,3-7H2,1-2H3. The van der Waals surface area contributed by atoms with Crippen molar-refractivity contribution in [3.8, 4) is 0 Å². The fourth-order valence-corrected chi connectivity index (χ4v) is 5.67. The molecule has 0 aromatic heterocycles. The molecule has 3 rings (SSSR count). The first-order chi connectivity index (χ1) is 13.0. The van der Waals surface area contributed by atoms with E-state index >= 15 is 0 Å². The third-order valence-corrected chi connectivity index (χ3v) is 8.15. The second-order valence-electron chi connectivity index (χ2n) is 10.5. The highest BCUT2D eigenvalue weighted by Crippen LogP contribution is 2.32. The first kappa shape index (κ1) is 25.0. The van der Waals surface area contributed by atoms with Crippen molar-refractivity contribution in [2.45, 2.75) is 138 Å². The minimum Gasteiger partial charge on any atom is -0.0651 e. The molecule has 3 aliphatic carbocycles. The van der Waals surface area contributed by atoms with E-state index in [1.165, 1.54) is 96.3 Å². The lowest BCUT2D eigenvalue weighted by atomic mass is 9.79. The maximum Gasteiger partial charge on any atom is -0.0391 e. The van der Waals surface area contributed by atoms with E-state index in [1.807, 2.05) is 0 Å². The van der Waals surface area contributed by atoms with E-state index in [4.69, 9.17) is 0 Å². The van der Waals surface area contributed by atoms with Crippen LogP contribution in [0.1, 0.15) is 138 Å². The molecule has 3 saturated carbocycles. The molecule has 0 nitrogen and oxygen atoms in total. The molecule has 27 heavy (non-hydrogen) atoms. The van der Waals surface area contributed by atoms with Crippen molar-refractivity contribution in [3.63, 3.8) is 0 Å². The Bertz CT molecular complexity index is 325. The Hall–Kier alpha value is 0. The van der Waals surface area contributed by atoms with Gasteiger partial charge in [-0.15, -0.1) is 0 Å². The van der Waals surface area contributed by atoms with Crippen LogP contribution in [0.15, 0.2) is 0 Å². The zero-order valence-electron chi connectivity index (χ0n) is 20.1. The molecule has 0 heterocycles. The van der Waals surface area contributed by atoms with E-state index in [0.29, 0.717) is 0 Å². The van der Waals surface area contributed by atoms with E-state index in [2.05, 4.69) is 41.5 Å². The summed E-state index contributed by atoms with van der Waals surface area (Å²) < 4.78 is 0. The third kappa shape index (κ3) is 10.9. The Morgan fingerprint density at radius 3 is 1.59 bits per heavy atom. The molecular formula is C27H54. The molecular weight excluding hydrogens is 324 g/mol. The summed E-state index contributed by atoms with van der Waals surface area (Å²) >= 11 is 0. The van der Waals surface area contributed by atoms with Gasteiger partial charge in [-0.1, -0.05) is 131 Å². The van der Waals surface area contributed by atoms with Crippen molar-refractivity contribution in [3.05, 3.63) is 0 Å². The van der Waals surface area contributed by atoms with Gasteiger partial charge in [0.25, 0.3) is 0 Å². The Morgan fingerprint density at radius 1 is 0.519 bits per heavy atom. The van der Waals surface area contributed by atoms with Crippen molar-refractivity contribution >= 4 is 0 Å². The SMILES string of the molecule is CCC1CCC(C)CC1.CCC1CCCC(C)C1.CCC1CCCCC1C. The second kappa shape index (κ2) is 14.9. The van der Waals surface area contributed by atoms with Gasteiger partial charge >= 0.3 is 0 Å². The van der Waals surface area contributed by atoms with Gasteiger partial charge in [-0.05, 0) is 41.9 Å². The van der Waals surface area contributed by atoms with Gasteiger partial charge in [-0.25, -0.2) is 0 Å². The molecule has 0 aromatic carbocycles. The molecule has 4 unspecified atom stereocenters. The van der Waals surface area contributed by atoms with Gasteiger partial charge in [0.2, 0.25) is 0 Å². The summed E-state index contributed by atoms with van der Waals surface area (Å²) in [6.07, 6.45) is 22.1. The quantitative estimate of drug-likeness (QED) is 0.458. The molecule has 0 spiro atoms. The van der Waals surface area contributed by atoms with Crippen LogP contribution in [0, 0.1) is 35.5 Å². The van der Waals surface area contributed by atoms with Crippen LogP contribution in [0.5, 0.6) is 0 Å². The minimum absolute atomic E-state index is 1.02. The molecule has 3 aliphatic rings. The summed E-state index contributed by atoms with van der Waals surface area (Å²) in [4.78, 5) is 0. The summed E-state index contributed by atoms with van der Waals surface area (Å²) in [5, 5.41) is 0.